The van der Waals surface area contributed by atoms with E-state index in [2.05, 4.69) is 23.3 Å². The van der Waals surface area contributed by atoms with Gasteiger partial charge in [-0.05, 0) is 37.4 Å². The van der Waals surface area contributed by atoms with Crippen LogP contribution < -0.4 is 5.32 Å². The van der Waals surface area contributed by atoms with Crippen molar-refractivity contribution in [1.82, 2.24) is 10.3 Å². The normalized spacial score (nSPS) is 20.8. The average Bonchev–Trinajstić information content (AvgIpc) is 2.85. The van der Waals surface area contributed by atoms with Gasteiger partial charge in [0.15, 0.2) is 0 Å². The van der Waals surface area contributed by atoms with Gasteiger partial charge in [0, 0.05) is 17.6 Å². The molecule has 1 aromatic carbocycles. The van der Waals surface area contributed by atoms with Crippen molar-refractivity contribution in [1.29, 1.82) is 0 Å². The second kappa shape index (κ2) is 3.79. The summed E-state index contributed by atoms with van der Waals surface area (Å²) in [4.78, 5) is 3.41. The van der Waals surface area contributed by atoms with E-state index < -0.39 is 0 Å². The Balaban J connectivity index is 2.22. The Morgan fingerprint density at radius 1 is 1.38 bits per heavy atom. The number of aromatic amines is 1. The van der Waals surface area contributed by atoms with Crippen LogP contribution in [-0.2, 0) is 0 Å². The van der Waals surface area contributed by atoms with E-state index in [0.29, 0.717) is 5.92 Å². The number of para-hydroxylation sites is 1. The van der Waals surface area contributed by atoms with Crippen LogP contribution in [0.1, 0.15) is 23.6 Å². The molecule has 0 amide bonds. The molecule has 2 N–H and O–H groups in total. The molecule has 84 valence electrons. The zero-order chi connectivity index (χ0) is 11.1. The highest BCUT2D eigenvalue weighted by atomic mass is 35.5. The number of fused-ring (bicyclic) bond motifs is 1. The molecule has 1 unspecified atom stereocenters. The topological polar surface area (TPSA) is 27.8 Å². The lowest BCUT2D eigenvalue weighted by atomic mass is 9.95. The van der Waals surface area contributed by atoms with Gasteiger partial charge in [-0.3, -0.25) is 0 Å². The third-order valence-corrected chi connectivity index (χ3v) is 3.80. The van der Waals surface area contributed by atoms with Crippen molar-refractivity contribution < 1.29 is 0 Å². The number of rotatable bonds is 1. The van der Waals surface area contributed by atoms with Gasteiger partial charge >= 0.3 is 0 Å². The van der Waals surface area contributed by atoms with Crippen molar-refractivity contribution in [3.05, 3.63) is 34.5 Å². The number of halogens is 1. The second-order valence-electron chi connectivity index (χ2n) is 4.52. The van der Waals surface area contributed by atoms with E-state index in [1.165, 1.54) is 23.1 Å². The lowest BCUT2D eigenvalue weighted by Gasteiger charge is -2.08. The molecular weight excluding hydrogens is 220 g/mol. The predicted octanol–water partition coefficient (Wildman–Crippen LogP) is 3.21. The number of H-pyrrole nitrogens is 1. The molecule has 3 rings (SSSR count). The molecule has 2 nitrogen and oxygen atoms in total. The molecular formula is C13H15ClN2. The van der Waals surface area contributed by atoms with Gasteiger partial charge < -0.3 is 10.3 Å². The molecule has 1 aliphatic rings. The lowest BCUT2D eigenvalue weighted by Crippen LogP contribution is -2.08. The Morgan fingerprint density at radius 2 is 2.25 bits per heavy atom. The maximum absolute atomic E-state index is 6.20. The van der Waals surface area contributed by atoms with E-state index in [1.807, 2.05) is 12.1 Å². The van der Waals surface area contributed by atoms with Gasteiger partial charge in [0.25, 0.3) is 0 Å². The zero-order valence-corrected chi connectivity index (χ0v) is 10.1. The highest BCUT2D eigenvalue weighted by molar-refractivity contribution is 6.35. The number of aryl methyl sites for hydroxylation is 1. The van der Waals surface area contributed by atoms with Crippen LogP contribution in [0.4, 0.5) is 0 Å². The van der Waals surface area contributed by atoms with Crippen LogP contribution in [0.2, 0.25) is 5.02 Å². The Kier molecular flexibility index (Phi) is 2.41. The van der Waals surface area contributed by atoms with Gasteiger partial charge in [-0.2, -0.15) is 0 Å². The van der Waals surface area contributed by atoms with Crippen molar-refractivity contribution in [2.75, 3.05) is 13.1 Å². The third kappa shape index (κ3) is 1.45. The summed E-state index contributed by atoms with van der Waals surface area (Å²) in [6.45, 7) is 4.35. The van der Waals surface area contributed by atoms with E-state index in [4.69, 9.17) is 11.6 Å². The van der Waals surface area contributed by atoms with E-state index in [-0.39, 0.29) is 0 Å². The van der Waals surface area contributed by atoms with Crippen LogP contribution in [-0.4, -0.2) is 18.1 Å². The Morgan fingerprint density at radius 3 is 3.00 bits per heavy atom. The SMILES string of the molecule is Cc1[nH]c2c(Cl)cccc2c1C1CCNC1. The molecule has 0 aliphatic carbocycles. The van der Waals surface area contributed by atoms with Crippen LogP contribution in [0.3, 0.4) is 0 Å². The van der Waals surface area contributed by atoms with Crippen molar-refractivity contribution in [3.8, 4) is 0 Å². The molecule has 1 saturated heterocycles. The Bertz CT molecular complexity index is 524. The molecule has 16 heavy (non-hydrogen) atoms. The summed E-state index contributed by atoms with van der Waals surface area (Å²) in [6, 6.07) is 6.14. The lowest BCUT2D eigenvalue weighted by molar-refractivity contribution is 0.763. The van der Waals surface area contributed by atoms with Gasteiger partial charge in [0.1, 0.15) is 0 Å². The smallest absolute Gasteiger partial charge is 0.0648 e. The Hall–Kier alpha value is -0.990. The van der Waals surface area contributed by atoms with Crippen LogP contribution >= 0.6 is 11.6 Å². The molecule has 0 radical (unpaired) electrons. The fourth-order valence-electron chi connectivity index (χ4n) is 2.76. The minimum absolute atomic E-state index is 0.632. The molecule has 0 saturated carbocycles. The van der Waals surface area contributed by atoms with Crippen LogP contribution in [0.5, 0.6) is 0 Å². The van der Waals surface area contributed by atoms with E-state index in [9.17, 15) is 0 Å². The summed E-state index contributed by atoms with van der Waals surface area (Å²) in [6.07, 6.45) is 1.22. The minimum atomic E-state index is 0.632. The number of hydrogen-bond acceptors (Lipinski definition) is 1. The van der Waals surface area contributed by atoms with Crippen molar-refractivity contribution >= 4 is 22.5 Å². The molecule has 1 aliphatic heterocycles. The monoisotopic (exact) mass is 234 g/mol. The fourth-order valence-corrected chi connectivity index (χ4v) is 2.98. The number of nitrogens with one attached hydrogen (secondary N) is 2. The van der Waals surface area contributed by atoms with Crippen LogP contribution in [0.25, 0.3) is 10.9 Å². The number of benzene rings is 1. The van der Waals surface area contributed by atoms with Crippen molar-refractivity contribution in [3.63, 3.8) is 0 Å². The van der Waals surface area contributed by atoms with E-state index in [1.54, 1.807) is 0 Å². The molecule has 2 aromatic rings. The predicted molar refractivity (Wildman–Crippen MR) is 68.3 cm³/mol. The van der Waals surface area contributed by atoms with Gasteiger partial charge in [-0.1, -0.05) is 23.7 Å². The van der Waals surface area contributed by atoms with Gasteiger partial charge in [0.05, 0.1) is 10.5 Å². The molecule has 2 heterocycles. The summed E-state index contributed by atoms with van der Waals surface area (Å²) in [5.41, 5.74) is 3.79. The van der Waals surface area contributed by atoms with E-state index >= 15 is 0 Å². The largest absolute Gasteiger partial charge is 0.357 e. The van der Waals surface area contributed by atoms with Gasteiger partial charge in [0.2, 0.25) is 0 Å². The first kappa shape index (κ1) is 10.2. The molecule has 0 bridgehead atoms. The Labute approximate surface area is 100.0 Å². The molecule has 3 heteroatoms. The van der Waals surface area contributed by atoms with Crippen LogP contribution in [0.15, 0.2) is 18.2 Å². The summed E-state index contributed by atoms with van der Waals surface area (Å²) in [7, 11) is 0. The maximum Gasteiger partial charge on any atom is 0.0648 e. The van der Waals surface area contributed by atoms with Crippen LogP contribution in [0, 0.1) is 6.92 Å². The summed E-state index contributed by atoms with van der Waals surface area (Å²) < 4.78 is 0. The molecule has 1 atom stereocenters. The van der Waals surface area contributed by atoms with E-state index in [0.717, 1.165) is 23.6 Å². The summed E-state index contributed by atoms with van der Waals surface area (Å²) in [5.74, 6) is 0.632. The first-order valence-electron chi connectivity index (χ1n) is 5.75. The summed E-state index contributed by atoms with van der Waals surface area (Å²) >= 11 is 6.20. The first-order chi connectivity index (χ1) is 7.77. The van der Waals surface area contributed by atoms with Crippen molar-refractivity contribution in [2.45, 2.75) is 19.3 Å². The minimum Gasteiger partial charge on any atom is -0.357 e. The quantitative estimate of drug-likeness (QED) is 0.779. The molecule has 1 fully saturated rings. The first-order valence-corrected chi connectivity index (χ1v) is 6.12. The average molecular weight is 235 g/mol. The standard InChI is InChI=1S/C13H15ClN2/c1-8-12(9-5-6-15-7-9)10-3-2-4-11(14)13(10)16-8/h2-4,9,15-16H,5-7H2,1H3. The van der Waals surface area contributed by atoms with Gasteiger partial charge in [-0.15, -0.1) is 0 Å². The maximum atomic E-state index is 6.20. The number of aromatic nitrogens is 1. The fraction of sp³-hybridized carbons (Fsp3) is 0.385. The zero-order valence-electron chi connectivity index (χ0n) is 9.31. The van der Waals surface area contributed by atoms with Gasteiger partial charge in [-0.25, -0.2) is 0 Å². The molecule has 0 spiro atoms. The third-order valence-electron chi connectivity index (χ3n) is 3.49. The summed E-state index contributed by atoms with van der Waals surface area (Å²) in [5, 5.41) is 5.53. The van der Waals surface area contributed by atoms with Crippen molar-refractivity contribution in [2.24, 2.45) is 0 Å². The highest BCUT2D eigenvalue weighted by Gasteiger charge is 2.22. The number of hydrogen-bond donors (Lipinski definition) is 2. The highest BCUT2D eigenvalue weighted by Crippen LogP contribution is 2.34. The second-order valence-corrected chi connectivity index (χ2v) is 4.92. The molecule has 1 aromatic heterocycles.